The summed E-state index contributed by atoms with van der Waals surface area (Å²) < 4.78 is 5.41. The van der Waals surface area contributed by atoms with Crippen LogP contribution in [0.15, 0.2) is 66.9 Å². The predicted molar refractivity (Wildman–Crippen MR) is 105 cm³/mol. The zero-order valence-electron chi connectivity index (χ0n) is 14.2. The van der Waals surface area contributed by atoms with Gasteiger partial charge in [0.05, 0.1) is 22.9 Å². The van der Waals surface area contributed by atoms with Crippen molar-refractivity contribution in [3.63, 3.8) is 0 Å². The summed E-state index contributed by atoms with van der Waals surface area (Å²) in [5, 5.41) is 6.44. The predicted octanol–water partition coefficient (Wildman–Crippen LogP) is 5.13. The molecule has 2 aromatic carbocycles. The molecule has 2 N–H and O–H groups in total. The second kappa shape index (κ2) is 8.36. The normalized spacial score (nSPS) is 10.2. The van der Waals surface area contributed by atoms with Crippen molar-refractivity contribution in [1.82, 2.24) is 4.98 Å². The first kappa shape index (κ1) is 17.8. The SMILES string of the molecule is CCOc1ccc(Nc2ccc(C(=O)Nc3ccccc3Cl)cn2)cc1. The van der Waals surface area contributed by atoms with E-state index in [0.29, 0.717) is 28.7 Å². The number of rotatable bonds is 6. The lowest BCUT2D eigenvalue weighted by Crippen LogP contribution is -2.12. The summed E-state index contributed by atoms with van der Waals surface area (Å²) in [6, 6.07) is 18.1. The van der Waals surface area contributed by atoms with E-state index in [9.17, 15) is 4.79 Å². The minimum atomic E-state index is -0.266. The number of anilines is 3. The molecular weight excluding hydrogens is 350 g/mol. The van der Waals surface area contributed by atoms with Gasteiger partial charge < -0.3 is 15.4 Å². The van der Waals surface area contributed by atoms with E-state index in [-0.39, 0.29) is 5.91 Å². The van der Waals surface area contributed by atoms with E-state index >= 15 is 0 Å². The number of halogens is 1. The Kier molecular flexibility index (Phi) is 5.71. The number of amides is 1. The number of carbonyl (C=O) groups is 1. The summed E-state index contributed by atoms with van der Waals surface area (Å²) in [5.74, 6) is 1.19. The smallest absolute Gasteiger partial charge is 0.257 e. The quantitative estimate of drug-likeness (QED) is 0.634. The number of nitrogens with one attached hydrogen (secondary N) is 2. The summed E-state index contributed by atoms with van der Waals surface area (Å²) in [4.78, 5) is 16.6. The molecule has 0 aliphatic rings. The van der Waals surface area contributed by atoms with E-state index in [0.717, 1.165) is 11.4 Å². The lowest BCUT2D eigenvalue weighted by atomic mass is 10.2. The third kappa shape index (κ3) is 4.52. The van der Waals surface area contributed by atoms with Crippen molar-refractivity contribution >= 4 is 34.7 Å². The van der Waals surface area contributed by atoms with Crippen molar-refractivity contribution in [2.24, 2.45) is 0 Å². The van der Waals surface area contributed by atoms with E-state index in [1.807, 2.05) is 37.3 Å². The molecule has 1 heterocycles. The Morgan fingerprint density at radius 1 is 1.08 bits per heavy atom. The maximum atomic E-state index is 12.3. The van der Waals surface area contributed by atoms with Gasteiger partial charge in [0, 0.05) is 11.9 Å². The highest BCUT2D eigenvalue weighted by atomic mass is 35.5. The molecule has 0 bridgehead atoms. The van der Waals surface area contributed by atoms with E-state index < -0.39 is 0 Å². The molecule has 6 heteroatoms. The summed E-state index contributed by atoms with van der Waals surface area (Å²) in [5.41, 5.74) is 1.90. The lowest BCUT2D eigenvalue weighted by Gasteiger charge is -2.09. The van der Waals surface area contributed by atoms with Crippen molar-refractivity contribution in [1.29, 1.82) is 0 Å². The summed E-state index contributed by atoms with van der Waals surface area (Å²) in [6.07, 6.45) is 1.52. The van der Waals surface area contributed by atoms with Crippen molar-refractivity contribution in [2.45, 2.75) is 6.92 Å². The fourth-order valence-corrected chi connectivity index (χ4v) is 2.49. The van der Waals surface area contributed by atoms with Crippen molar-refractivity contribution in [3.8, 4) is 5.75 Å². The van der Waals surface area contributed by atoms with Crippen LogP contribution in [0.5, 0.6) is 5.75 Å². The second-order valence-electron chi connectivity index (χ2n) is 5.45. The van der Waals surface area contributed by atoms with Crippen LogP contribution in [0, 0.1) is 0 Å². The molecule has 1 amide bonds. The Bertz CT molecular complexity index is 880. The fraction of sp³-hybridized carbons (Fsp3) is 0.100. The topological polar surface area (TPSA) is 63.2 Å². The van der Waals surface area contributed by atoms with Crippen LogP contribution in [-0.4, -0.2) is 17.5 Å². The molecule has 0 aliphatic carbocycles. The molecule has 132 valence electrons. The molecule has 3 aromatic rings. The lowest BCUT2D eigenvalue weighted by molar-refractivity contribution is 0.102. The van der Waals surface area contributed by atoms with Gasteiger partial charge in [-0.3, -0.25) is 4.79 Å². The minimum Gasteiger partial charge on any atom is -0.494 e. The summed E-state index contributed by atoms with van der Waals surface area (Å²) >= 11 is 6.05. The van der Waals surface area contributed by atoms with Crippen LogP contribution in [0.3, 0.4) is 0 Å². The molecule has 0 saturated heterocycles. The number of ether oxygens (including phenoxy) is 1. The summed E-state index contributed by atoms with van der Waals surface area (Å²) in [6.45, 7) is 2.57. The third-order valence-corrected chi connectivity index (χ3v) is 3.92. The van der Waals surface area contributed by atoms with Gasteiger partial charge in [0.2, 0.25) is 0 Å². The Morgan fingerprint density at radius 3 is 2.50 bits per heavy atom. The van der Waals surface area contributed by atoms with Gasteiger partial charge in [-0.2, -0.15) is 0 Å². The summed E-state index contributed by atoms with van der Waals surface area (Å²) in [7, 11) is 0. The third-order valence-electron chi connectivity index (χ3n) is 3.59. The minimum absolute atomic E-state index is 0.266. The highest BCUT2D eigenvalue weighted by Crippen LogP contribution is 2.22. The molecule has 26 heavy (non-hydrogen) atoms. The molecule has 0 spiro atoms. The van der Waals surface area contributed by atoms with Gasteiger partial charge in [0.25, 0.3) is 5.91 Å². The zero-order valence-corrected chi connectivity index (χ0v) is 15.0. The van der Waals surface area contributed by atoms with E-state index in [1.54, 1.807) is 30.3 Å². The first-order valence-electron chi connectivity index (χ1n) is 8.17. The maximum Gasteiger partial charge on any atom is 0.257 e. The van der Waals surface area contributed by atoms with Crippen molar-refractivity contribution in [3.05, 3.63) is 77.4 Å². The van der Waals surface area contributed by atoms with Crippen LogP contribution < -0.4 is 15.4 Å². The molecule has 3 rings (SSSR count). The Balaban J connectivity index is 1.64. The van der Waals surface area contributed by atoms with Crippen LogP contribution >= 0.6 is 11.6 Å². The largest absolute Gasteiger partial charge is 0.494 e. The second-order valence-corrected chi connectivity index (χ2v) is 5.86. The number of benzene rings is 2. The molecule has 0 radical (unpaired) electrons. The van der Waals surface area contributed by atoms with Gasteiger partial charge in [0.15, 0.2) is 0 Å². The van der Waals surface area contributed by atoms with Gasteiger partial charge in [-0.1, -0.05) is 23.7 Å². The van der Waals surface area contributed by atoms with Crippen LogP contribution in [0.2, 0.25) is 5.02 Å². The number of hydrogen-bond acceptors (Lipinski definition) is 4. The molecule has 5 nitrogen and oxygen atoms in total. The number of carbonyl (C=O) groups excluding carboxylic acids is 1. The molecule has 0 aliphatic heterocycles. The molecule has 0 fully saturated rings. The average Bonchev–Trinajstić information content (AvgIpc) is 2.66. The first-order chi connectivity index (χ1) is 12.7. The maximum absolute atomic E-state index is 12.3. The van der Waals surface area contributed by atoms with Crippen LogP contribution in [0.1, 0.15) is 17.3 Å². The molecule has 0 saturated carbocycles. The van der Waals surface area contributed by atoms with E-state index in [1.165, 1.54) is 6.20 Å². The monoisotopic (exact) mass is 367 g/mol. The van der Waals surface area contributed by atoms with Gasteiger partial charge in [0.1, 0.15) is 11.6 Å². The van der Waals surface area contributed by atoms with Gasteiger partial charge in [-0.05, 0) is 55.5 Å². The number of hydrogen-bond donors (Lipinski definition) is 2. The van der Waals surface area contributed by atoms with Crippen molar-refractivity contribution in [2.75, 3.05) is 17.2 Å². The van der Waals surface area contributed by atoms with Gasteiger partial charge in [-0.25, -0.2) is 4.98 Å². The molecule has 0 atom stereocenters. The number of aromatic nitrogens is 1. The Labute approximate surface area is 157 Å². The van der Waals surface area contributed by atoms with Crippen LogP contribution in [-0.2, 0) is 0 Å². The standard InChI is InChI=1S/C20H18ClN3O2/c1-2-26-16-10-8-15(9-11-16)23-19-12-7-14(13-22-19)20(25)24-18-6-4-3-5-17(18)21/h3-13H,2H2,1H3,(H,22,23)(H,24,25). The fourth-order valence-electron chi connectivity index (χ4n) is 2.31. The van der Waals surface area contributed by atoms with Crippen molar-refractivity contribution < 1.29 is 9.53 Å². The van der Waals surface area contributed by atoms with Gasteiger partial charge in [-0.15, -0.1) is 0 Å². The molecule has 0 unspecified atom stereocenters. The van der Waals surface area contributed by atoms with Crippen LogP contribution in [0.25, 0.3) is 0 Å². The molecular formula is C20H18ClN3O2. The Morgan fingerprint density at radius 2 is 1.85 bits per heavy atom. The molecule has 1 aromatic heterocycles. The number of pyridine rings is 1. The highest BCUT2D eigenvalue weighted by Gasteiger charge is 2.09. The number of nitrogens with zero attached hydrogens (tertiary/aromatic N) is 1. The van der Waals surface area contributed by atoms with Gasteiger partial charge >= 0.3 is 0 Å². The van der Waals surface area contributed by atoms with Crippen LogP contribution in [0.4, 0.5) is 17.2 Å². The first-order valence-corrected chi connectivity index (χ1v) is 8.55. The van der Waals surface area contributed by atoms with E-state index in [2.05, 4.69) is 15.6 Å². The highest BCUT2D eigenvalue weighted by molar-refractivity contribution is 6.33. The zero-order chi connectivity index (χ0) is 18.4. The van der Waals surface area contributed by atoms with E-state index in [4.69, 9.17) is 16.3 Å². The average molecular weight is 368 g/mol. The Hall–Kier alpha value is -3.05. The number of para-hydroxylation sites is 1.